The fraction of sp³-hybridized carbons (Fsp3) is 0.273. The molecule has 0 spiro atoms. The van der Waals surface area contributed by atoms with Crippen molar-refractivity contribution in [2.24, 2.45) is 15.9 Å². The molecule has 8 heteroatoms. The average Bonchev–Trinajstić information content (AvgIpc) is 2.45. The first kappa shape index (κ1) is 14.6. The lowest BCUT2D eigenvalue weighted by molar-refractivity contribution is 0.232. The zero-order valence-corrected chi connectivity index (χ0v) is 10.9. The highest BCUT2D eigenvalue weighted by atomic mass is 16.5. The molecule has 0 saturated heterocycles. The van der Waals surface area contributed by atoms with E-state index in [-0.39, 0.29) is 5.96 Å². The maximum Gasteiger partial charge on any atom is 0.237 e. The third-order valence-corrected chi connectivity index (χ3v) is 2.17. The van der Waals surface area contributed by atoms with E-state index in [0.29, 0.717) is 22.8 Å². The third kappa shape index (κ3) is 3.75. The Hall–Kier alpha value is -2.48. The van der Waals surface area contributed by atoms with Crippen molar-refractivity contribution in [1.82, 2.24) is 5.48 Å². The Bertz CT molecular complexity index is 463. The van der Waals surface area contributed by atoms with E-state index >= 15 is 0 Å². The minimum absolute atomic E-state index is 0.219. The number of nitrogens with two attached hydrogens (primary N) is 1. The van der Waals surface area contributed by atoms with Gasteiger partial charge in [-0.2, -0.15) is 5.10 Å². The second kappa shape index (κ2) is 7.07. The third-order valence-electron chi connectivity index (χ3n) is 2.17. The summed E-state index contributed by atoms with van der Waals surface area (Å²) in [5, 5.41) is 15.6. The zero-order chi connectivity index (χ0) is 14.3. The van der Waals surface area contributed by atoms with Crippen molar-refractivity contribution in [3.8, 4) is 17.2 Å². The van der Waals surface area contributed by atoms with Crippen LogP contribution in [0.3, 0.4) is 0 Å². The molecule has 4 N–H and O–H groups in total. The highest BCUT2D eigenvalue weighted by Gasteiger charge is 2.12. The summed E-state index contributed by atoms with van der Waals surface area (Å²) in [6, 6.07) is 3.39. The standard InChI is InChI=1S/C11H16N4O4/c1-17-8-4-7(6-13-14-11(12)15-16)5-9(18-2)10(8)19-3/h4-6,16H,1-3H3,(H3,12,14,15). The summed E-state index contributed by atoms with van der Waals surface area (Å²) < 4.78 is 15.6. The van der Waals surface area contributed by atoms with Crippen molar-refractivity contribution in [3.05, 3.63) is 17.7 Å². The lowest BCUT2D eigenvalue weighted by atomic mass is 10.2. The van der Waals surface area contributed by atoms with E-state index in [1.807, 2.05) is 0 Å². The number of hydrogen-bond donors (Lipinski definition) is 3. The number of hydrogen-bond acceptors (Lipinski definition) is 6. The molecule has 0 heterocycles. The van der Waals surface area contributed by atoms with Gasteiger partial charge in [-0.05, 0) is 12.1 Å². The van der Waals surface area contributed by atoms with Gasteiger partial charge < -0.3 is 19.9 Å². The van der Waals surface area contributed by atoms with Gasteiger partial charge in [0.1, 0.15) is 0 Å². The molecule has 1 aromatic rings. The number of hydroxylamine groups is 1. The van der Waals surface area contributed by atoms with Crippen LogP contribution in [0.4, 0.5) is 0 Å². The molecule has 0 aliphatic heterocycles. The molecule has 0 bridgehead atoms. The number of benzene rings is 1. The first-order valence-corrected chi connectivity index (χ1v) is 5.22. The molecule has 1 rings (SSSR count). The van der Waals surface area contributed by atoms with Crippen molar-refractivity contribution in [2.45, 2.75) is 0 Å². The molecule has 8 nitrogen and oxygen atoms in total. The molecule has 1 aromatic carbocycles. The molecule has 0 radical (unpaired) electrons. The van der Waals surface area contributed by atoms with Crippen LogP contribution in [0.5, 0.6) is 17.2 Å². The number of nitrogens with zero attached hydrogens (tertiary/aromatic N) is 2. The van der Waals surface area contributed by atoms with E-state index in [1.54, 1.807) is 17.6 Å². The fourth-order valence-corrected chi connectivity index (χ4v) is 1.36. The van der Waals surface area contributed by atoms with Crippen LogP contribution < -0.4 is 25.4 Å². The molecule has 0 aromatic heterocycles. The van der Waals surface area contributed by atoms with Crippen LogP contribution in [0.25, 0.3) is 0 Å². The van der Waals surface area contributed by atoms with Crippen molar-refractivity contribution >= 4 is 12.2 Å². The van der Waals surface area contributed by atoms with Gasteiger partial charge in [-0.3, -0.25) is 5.21 Å². The van der Waals surface area contributed by atoms with Crippen LogP contribution in [-0.4, -0.2) is 38.7 Å². The lowest BCUT2D eigenvalue weighted by Crippen LogP contribution is -2.27. The van der Waals surface area contributed by atoms with E-state index in [9.17, 15) is 0 Å². The SMILES string of the molecule is COc1cc(C=N/N=C(\N)NO)cc(OC)c1OC. The van der Waals surface area contributed by atoms with Crippen LogP contribution in [0.1, 0.15) is 5.56 Å². The van der Waals surface area contributed by atoms with Gasteiger partial charge in [0.15, 0.2) is 11.5 Å². The molecule has 19 heavy (non-hydrogen) atoms. The maximum absolute atomic E-state index is 8.43. The van der Waals surface area contributed by atoms with E-state index in [2.05, 4.69) is 10.2 Å². The molecule has 0 atom stereocenters. The van der Waals surface area contributed by atoms with Crippen LogP contribution in [0.2, 0.25) is 0 Å². The number of methoxy groups -OCH3 is 3. The van der Waals surface area contributed by atoms with E-state index in [4.69, 9.17) is 25.2 Å². The molecule has 0 aliphatic rings. The topological polar surface area (TPSA) is 111 Å². The molecule has 104 valence electrons. The number of ether oxygens (including phenoxy) is 3. The molecule has 0 saturated carbocycles. The average molecular weight is 268 g/mol. The summed E-state index contributed by atoms with van der Waals surface area (Å²) in [5.41, 5.74) is 7.53. The molecule has 0 amide bonds. The smallest absolute Gasteiger partial charge is 0.237 e. The minimum atomic E-state index is -0.219. The molecule has 0 fully saturated rings. The van der Waals surface area contributed by atoms with Gasteiger partial charge in [0.2, 0.25) is 11.7 Å². The first-order valence-electron chi connectivity index (χ1n) is 5.22. The summed E-state index contributed by atoms with van der Waals surface area (Å²) in [7, 11) is 4.56. The summed E-state index contributed by atoms with van der Waals surface area (Å²) in [6.45, 7) is 0. The highest BCUT2D eigenvalue weighted by Crippen LogP contribution is 2.37. The summed E-state index contributed by atoms with van der Waals surface area (Å²) in [6.07, 6.45) is 1.43. The quantitative estimate of drug-likeness (QED) is 0.403. The lowest BCUT2D eigenvalue weighted by Gasteiger charge is -2.12. The summed E-state index contributed by atoms with van der Waals surface area (Å²) in [5.74, 6) is 1.27. The highest BCUT2D eigenvalue weighted by molar-refractivity contribution is 5.83. The fourth-order valence-electron chi connectivity index (χ4n) is 1.36. The van der Waals surface area contributed by atoms with Gasteiger partial charge in [0, 0.05) is 5.56 Å². The van der Waals surface area contributed by atoms with Crippen molar-refractivity contribution in [3.63, 3.8) is 0 Å². The Morgan fingerprint density at radius 1 is 1.21 bits per heavy atom. The molecular formula is C11H16N4O4. The maximum atomic E-state index is 8.43. The Balaban J connectivity index is 3.09. The van der Waals surface area contributed by atoms with Crippen LogP contribution in [0.15, 0.2) is 22.3 Å². The zero-order valence-electron chi connectivity index (χ0n) is 10.9. The van der Waals surface area contributed by atoms with E-state index < -0.39 is 0 Å². The largest absolute Gasteiger partial charge is 0.493 e. The van der Waals surface area contributed by atoms with Gasteiger partial charge in [0.25, 0.3) is 0 Å². The predicted molar refractivity (Wildman–Crippen MR) is 70.2 cm³/mol. The number of guanidine groups is 1. The van der Waals surface area contributed by atoms with Crippen molar-refractivity contribution in [1.29, 1.82) is 0 Å². The Morgan fingerprint density at radius 2 is 1.79 bits per heavy atom. The summed E-state index contributed by atoms with van der Waals surface area (Å²) >= 11 is 0. The van der Waals surface area contributed by atoms with Gasteiger partial charge in [-0.25, -0.2) is 5.48 Å². The number of nitrogens with one attached hydrogen (secondary N) is 1. The predicted octanol–water partition coefficient (Wildman–Crippen LogP) is 0.340. The minimum Gasteiger partial charge on any atom is -0.493 e. The molecule has 0 unspecified atom stereocenters. The van der Waals surface area contributed by atoms with E-state index in [1.165, 1.54) is 27.5 Å². The first-order chi connectivity index (χ1) is 9.15. The monoisotopic (exact) mass is 268 g/mol. The van der Waals surface area contributed by atoms with Gasteiger partial charge in [-0.1, -0.05) is 0 Å². The van der Waals surface area contributed by atoms with Gasteiger partial charge >= 0.3 is 0 Å². The summed E-state index contributed by atoms with van der Waals surface area (Å²) in [4.78, 5) is 0. The normalized spacial score (nSPS) is 11.5. The van der Waals surface area contributed by atoms with Gasteiger partial charge in [0.05, 0.1) is 27.5 Å². The van der Waals surface area contributed by atoms with Gasteiger partial charge in [-0.15, -0.1) is 5.10 Å². The van der Waals surface area contributed by atoms with Crippen molar-refractivity contribution in [2.75, 3.05) is 21.3 Å². The number of rotatable bonds is 5. The Labute approximate surface area is 110 Å². The Kier molecular flexibility index (Phi) is 5.42. The van der Waals surface area contributed by atoms with Crippen LogP contribution in [-0.2, 0) is 0 Å². The second-order valence-electron chi connectivity index (χ2n) is 3.30. The van der Waals surface area contributed by atoms with E-state index in [0.717, 1.165) is 0 Å². The van der Waals surface area contributed by atoms with Crippen LogP contribution in [0, 0.1) is 0 Å². The van der Waals surface area contributed by atoms with Crippen LogP contribution >= 0.6 is 0 Å². The van der Waals surface area contributed by atoms with Crippen molar-refractivity contribution < 1.29 is 19.4 Å². The molecular weight excluding hydrogens is 252 g/mol. The Morgan fingerprint density at radius 3 is 2.21 bits per heavy atom. The second-order valence-corrected chi connectivity index (χ2v) is 3.30. The molecule has 0 aliphatic carbocycles.